The molecule has 0 amide bonds. The molecule has 0 aliphatic rings. The molecule has 1 rings (SSSR count). The first-order chi connectivity index (χ1) is 6.49. The predicted molar refractivity (Wildman–Crippen MR) is 57.8 cm³/mol. The van der Waals surface area contributed by atoms with Crippen LogP contribution in [0.2, 0.25) is 0 Å². The Morgan fingerprint density at radius 1 is 1.36 bits per heavy atom. The molecule has 0 aromatic heterocycles. The summed E-state index contributed by atoms with van der Waals surface area (Å²) in [6.45, 7) is 6.42. The highest BCUT2D eigenvalue weighted by Crippen LogP contribution is 2.29. The quantitative estimate of drug-likeness (QED) is 0.788. The summed E-state index contributed by atoms with van der Waals surface area (Å²) in [5, 5.41) is 0. The van der Waals surface area contributed by atoms with E-state index in [1.165, 1.54) is 0 Å². The average molecular weight is 195 g/mol. The average Bonchev–Trinajstić information content (AvgIpc) is 2.09. The molecule has 1 nitrogen and oxygen atoms in total. The zero-order valence-corrected chi connectivity index (χ0v) is 9.10. The largest absolute Gasteiger partial charge is 0.330 e. The Balaban J connectivity index is 3.12. The van der Waals surface area contributed by atoms with E-state index in [0.29, 0.717) is 12.1 Å². The third kappa shape index (κ3) is 2.13. The van der Waals surface area contributed by atoms with Crippen LogP contribution in [-0.4, -0.2) is 6.54 Å². The number of halogens is 1. The number of rotatable bonds is 3. The van der Waals surface area contributed by atoms with Crippen LogP contribution in [0.5, 0.6) is 0 Å². The molecule has 0 heterocycles. The monoisotopic (exact) mass is 195 g/mol. The summed E-state index contributed by atoms with van der Waals surface area (Å²) >= 11 is 0. The van der Waals surface area contributed by atoms with Gasteiger partial charge in [-0.25, -0.2) is 4.39 Å². The minimum atomic E-state index is -0.176. The van der Waals surface area contributed by atoms with E-state index in [0.717, 1.165) is 12.0 Å². The highest BCUT2D eigenvalue weighted by Gasteiger charge is 2.23. The zero-order valence-electron chi connectivity index (χ0n) is 9.10. The van der Waals surface area contributed by atoms with E-state index in [-0.39, 0.29) is 11.2 Å². The van der Waals surface area contributed by atoms with Gasteiger partial charge in [-0.05, 0) is 36.4 Å². The summed E-state index contributed by atoms with van der Waals surface area (Å²) in [5.74, 6) is -0.0917. The van der Waals surface area contributed by atoms with Crippen molar-refractivity contribution in [2.75, 3.05) is 6.54 Å². The molecule has 0 spiro atoms. The van der Waals surface area contributed by atoms with Gasteiger partial charge in [0, 0.05) is 0 Å². The molecular weight excluding hydrogens is 177 g/mol. The molecule has 0 aliphatic heterocycles. The van der Waals surface area contributed by atoms with E-state index in [1.54, 1.807) is 13.0 Å². The first-order valence-corrected chi connectivity index (χ1v) is 4.94. The smallest absolute Gasteiger partial charge is 0.129 e. The molecule has 14 heavy (non-hydrogen) atoms. The molecule has 0 fully saturated rings. The van der Waals surface area contributed by atoms with Crippen molar-refractivity contribution in [3.63, 3.8) is 0 Å². The van der Waals surface area contributed by atoms with E-state index < -0.39 is 0 Å². The van der Waals surface area contributed by atoms with Crippen LogP contribution in [-0.2, 0) is 5.41 Å². The molecular formula is C12H18FN. The van der Waals surface area contributed by atoms with Crippen LogP contribution in [0.4, 0.5) is 4.39 Å². The summed E-state index contributed by atoms with van der Waals surface area (Å²) in [4.78, 5) is 0. The molecule has 78 valence electrons. The molecule has 0 saturated carbocycles. The first kappa shape index (κ1) is 11.2. The Kier molecular flexibility index (Phi) is 3.27. The van der Waals surface area contributed by atoms with Gasteiger partial charge in [0.25, 0.3) is 0 Å². The van der Waals surface area contributed by atoms with Crippen molar-refractivity contribution in [3.8, 4) is 0 Å². The van der Waals surface area contributed by atoms with Crippen LogP contribution >= 0.6 is 0 Å². The van der Waals surface area contributed by atoms with Crippen molar-refractivity contribution in [1.29, 1.82) is 0 Å². The van der Waals surface area contributed by atoms with Gasteiger partial charge in [0.15, 0.2) is 0 Å². The lowest BCUT2D eigenvalue weighted by Crippen LogP contribution is -2.23. The first-order valence-electron chi connectivity index (χ1n) is 4.94. The Hall–Kier alpha value is -0.890. The van der Waals surface area contributed by atoms with Crippen molar-refractivity contribution in [1.82, 2.24) is 0 Å². The van der Waals surface area contributed by atoms with Gasteiger partial charge in [0.2, 0.25) is 0 Å². The minimum Gasteiger partial charge on any atom is -0.330 e. The highest BCUT2D eigenvalue weighted by atomic mass is 19.1. The van der Waals surface area contributed by atoms with Crippen LogP contribution in [0.1, 0.15) is 31.4 Å². The van der Waals surface area contributed by atoms with Crippen LogP contribution in [0.25, 0.3) is 0 Å². The number of hydrogen-bond acceptors (Lipinski definition) is 1. The fraction of sp³-hybridized carbons (Fsp3) is 0.500. The van der Waals surface area contributed by atoms with Gasteiger partial charge in [-0.2, -0.15) is 0 Å². The predicted octanol–water partition coefficient (Wildman–Crippen LogP) is 2.76. The molecule has 1 aromatic rings. The Bertz CT molecular complexity index is 318. The van der Waals surface area contributed by atoms with Gasteiger partial charge in [-0.15, -0.1) is 0 Å². The lowest BCUT2D eigenvalue weighted by Gasteiger charge is -2.25. The third-order valence-electron chi connectivity index (χ3n) is 2.69. The number of hydrogen-bond donors (Lipinski definition) is 1. The zero-order chi connectivity index (χ0) is 10.8. The topological polar surface area (TPSA) is 26.0 Å². The molecule has 0 bridgehead atoms. The van der Waals surface area contributed by atoms with Gasteiger partial charge in [-0.3, -0.25) is 0 Å². The molecule has 2 heteroatoms. The second-order valence-electron chi connectivity index (χ2n) is 4.36. The van der Waals surface area contributed by atoms with Gasteiger partial charge < -0.3 is 5.73 Å². The van der Waals surface area contributed by atoms with Crippen molar-refractivity contribution >= 4 is 0 Å². The van der Waals surface area contributed by atoms with Crippen molar-refractivity contribution in [3.05, 3.63) is 35.1 Å². The van der Waals surface area contributed by atoms with Crippen molar-refractivity contribution in [2.45, 2.75) is 32.6 Å². The standard InChI is InChI=1S/C12H18FN/c1-9-5-4-6-10(11(9)13)12(2,3)7-8-14/h4-6H,7-8,14H2,1-3H3. The lowest BCUT2D eigenvalue weighted by molar-refractivity contribution is 0.454. The summed E-state index contributed by atoms with van der Waals surface area (Å²) < 4.78 is 13.8. The number of aryl methyl sites for hydroxylation is 1. The SMILES string of the molecule is Cc1cccc(C(C)(C)CCN)c1F. The maximum absolute atomic E-state index is 13.8. The maximum atomic E-state index is 13.8. The lowest BCUT2D eigenvalue weighted by atomic mass is 9.80. The van der Waals surface area contributed by atoms with Crippen molar-refractivity contribution < 1.29 is 4.39 Å². The summed E-state index contributed by atoms with van der Waals surface area (Å²) in [5.41, 5.74) is 6.81. The second-order valence-corrected chi connectivity index (χ2v) is 4.36. The molecule has 2 N–H and O–H groups in total. The highest BCUT2D eigenvalue weighted by molar-refractivity contribution is 5.30. The van der Waals surface area contributed by atoms with Gasteiger partial charge in [0.1, 0.15) is 5.82 Å². The van der Waals surface area contributed by atoms with E-state index >= 15 is 0 Å². The summed E-state index contributed by atoms with van der Waals surface area (Å²) in [6.07, 6.45) is 0.799. The Morgan fingerprint density at radius 3 is 2.57 bits per heavy atom. The Morgan fingerprint density at radius 2 is 2.00 bits per heavy atom. The third-order valence-corrected chi connectivity index (χ3v) is 2.69. The van der Waals surface area contributed by atoms with E-state index in [9.17, 15) is 4.39 Å². The van der Waals surface area contributed by atoms with E-state index in [4.69, 9.17) is 5.73 Å². The van der Waals surface area contributed by atoms with Gasteiger partial charge in [-0.1, -0.05) is 32.0 Å². The molecule has 0 unspecified atom stereocenters. The normalized spacial score (nSPS) is 11.8. The second kappa shape index (κ2) is 4.09. The van der Waals surface area contributed by atoms with Crippen LogP contribution in [0.15, 0.2) is 18.2 Å². The fourth-order valence-corrected chi connectivity index (χ4v) is 1.67. The molecule has 0 radical (unpaired) electrons. The van der Waals surface area contributed by atoms with Gasteiger partial charge in [0.05, 0.1) is 0 Å². The summed E-state index contributed by atoms with van der Waals surface area (Å²) in [6, 6.07) is 5.53. The van der Waals surface area contributed by atoms with Gasteiger partial charge >= 0.3 is 0 Å². The molecule has 0 aliphatic carbocycles. The van der Waals surface area contributed by atoms with Crippen LogP contribution in [0, 0.1) is 12.7 Å². The molecule has 1 aromatic carbocycles. The number of nitrogens with two attached hydrogens (primary N) is 1. The van der Waals surface area contributed by atoms with Crippen LogP contribution < -0.4 is 5.73 Å². The fourth-order valence-electron chi connectivity index (χ4n) is 1.67. The van der Waals surface area contributed by atoms with E-state index in [2.05, 4.69) is 0 Å². The molecule has 0 atom stereocenters. The Labute approximate surface area is 85.1 Å². The summed E-state index contributed by atoms with van der Waals surface area (Å²) in [7, 11) is 0. The van der Waals surface area contributed by atoms with Crippen molar-refractivity contribution in [2.24, 2.45) is 5.73 Å². The molecule has 0 saturated heterocycles. The van der Waals surface area contributed by atoms with E-state index in [1.807, 2.05) is 26.0 Å². The van der Waals surface area contributed by atoms with Crippen LogP contribution in [0.3, 0.4) is 0 Å². The number of benzene rings is 1. The minimum absolute atomic E-state index is 0.0917. The maximum Gasteiger partial charge on any atom is 0.129 e.